The van der Waals surface area contributed by atoms with Gasteiger partial charge in [-0.15, -0.1) is 0 Å². The fourth-order valence-corrected chi connectivity index (χ4v) is 3.40. The maximum Gasteiger partial charge on any atom is 0.346 e. The zero-order valence-electron chi connectivity index (χ0n) is 12.6. The Balaban J connectivity index is 2.16. The van der Waals surface area contributed by atoms with E-state index in [0.717, 1.165) is 22.3 Å². The second kappa shape index (κ2) is 7.46. The van der Waals surface area contributed by atoms with Gasteiger partial charge in [0.15, 0.2) is 5.06 Å². The fourth-order valence-electron chi connectivity index (χ4n) is 2.42. The fraction of sp³-hybridized carbons (Fsp3) is 0.471. The molecule has 4 heteroatoms. The van der Waals surface area contributed by atoms with Gasteiger partial charge in [0.25, 0.3) is 0 Å². The molecule has 0 saturated carbocycles. The number of carbonyl (C=O) groups is 1. The third kappa shape index (κ3) is 3.76. The molecule has 0 radical (unpaired) electrons. The molecular weight excluding hydrogens is 284 g/mol. The number of carboxylic acid groups (broad SMARTS) is 1. The molecule has 114 valence electrons. The highest BCUT2D eigenvalue weighted by atomic mass is 32.1. The second-order valence-corrected chi connectivity index (χ2v) is 6.28. The van der Waals surface area contributed by atoms with Gasteiger partial charge in [0, 0.05) is 10.8 Å². The molecule has 1 unspecified atom stereocenters. The third-order valence-electron chi connectivity index (χ3n) is 3.77. The van der Waals surface area contributed by atoms with Gasteiger partial charge in [-0.2, -0.15) is 0 Å². The molecule has 0 saturated heterocycles. The van der Waals surface area contributed by atoms with Crippen molar-refractivity contribution in [1.82, 2.24) is 0 Å². The minimum Gasteiger partial charge on any atom is -0.483 e. The summed E-state index contributed by atoms with van der Waals surface area (Å²) in [7, 11) is 0. The number of thiophene rings is 1. The van der Waals surface area contributed by atoms with Crippen LogP contribution in [0.15, 0.2) is 24.3 Å². The minimum absolute atomic E-state index is 0.363. The Morgan fingerprint density at radius 1 is 1.29 bits per heavy atom. The lowest BCUT2D eigenvalue weighted by Gasteiger charge is -2.14. The van der Waals surface area contributed by atoms with Crippen LogP contribution in [0.2, 0.25) is 0 Å². The van der Waals surface area contributed by atoms with E-state index in [1.807, 2.05) is 24.3 Å². The van der Waals surface area contributed by atoms with E-state index >= 15 is 0 Å². The van der Waals surface area contributed by atoms with Crippen LogP contribution < -0.4 is 4.74 Å². The summed E-state index contributed by atoms with van der Waals surface area (Å²) in [6.07, 6.45) is 4.67. The maximum atomic E-state index is 11.3. The summed E-state index contributed by atoms with van der Waals surface area (Å²) in [5.74, 6) is -0.344. The minimum atomic E-state index is -0.885. The van der Waals surface area contributed by atoms with Crippen LogP contribution in [-0.4, -0.2) is 17.7 Å². The first-order valence-electron chi connectivity index (χ1n) is 7.55. The number of unbranched alkanes of at least 4 members (excludes halogenated alkanes) is 1. The molecule has 0 aliphatic carbocycles. The summed E-state index contributed by atoms with van der Waals surface area (Å²) in [6.45, 7) is 5.04. The Hall–Kier alpha value is -1.55. The Morgan fingerprint density at radius 2 is 2.00 bits per heavy atom. The van der Waals surface area contributed by atoms with Gasteiger partial charge >= 0.3 is 5.97 Å². The predicted octanol–water partition coefficient (Wildman–Crippen LogP) is 5.19. The molecule has 1 aromatic carbocycles. The van der Waals surface area contributed by atoms with Crippen molar-refractivity contribution >= 4 is 28.1 Å². The number of aromatic carboxylic acids is 1. The standard InChI is InChI=1S/C17H22O3S/c1-3-5-8-12(4-2)11-20-17-14-10-7-6-9-13(14)15(21-17)16(18)19/h6-7,9-10,12H,3-5,8,11H2,1-2H3,(H,18,19). The Kier molecular flexibility index (Phi) is 5.62. The Morgan fingerprint density at radius 3 is 2.62 bits per heavy atom. The Labute approximate surface area is 129 Å². The summed E-state index contributed by atoms with van der Waals surface area (Å²) in [4.78, 5) is 11.7. The molecule has 0 amide bonds. The Bertz CT molecular complexity index is 603. The van der Waals surface area contributed by atoms with Crippen LogP contribution in [0.5, 0.6) is 5.06 Å². The van der Waals surface area contributed by atoms with Crippen LogP contribution in [0.3, 0.4) is 0 Å². The molecule has 1 atom stereocenters. The smallest absolute Gasteiger partial charge is 0.346 e. The van der Waals surface area contributed by atoms with Crippen molar-refractivity contribution in [2.24, 2.45) is 5.92 Å². The van der Waals surface area contributed by atoms with E-state index in [0.29, 0.717) is 17.4 Å². The van der Waals surface area contributed by atoms with Crippen molar-refractivity contribution in [1.29, 1.82) is 0 Å². The second-order valence-electron chi connectivity index (χ2n) is 5.30. The number of hydrogen-bond donors (Lipinski definition) is 1. The number of rotatable bonds is 8. The first-order valence-corrected chi connectivity index (χ1v) is 8.36. The quantitative estimate of drug-likeness (QED) is 0.729. The lowest BCUT2D eigenvalue weighted by Crippen LogP contribution is -2.10. The van der Waals surface area contributed by atoms with E-state index < -0.39 is 5.97 Å². The van der Waals surface area contributed by atoms with Crippen molar-refractivity contribution in [3.8, 4) is 5.06 Å². The number of carboxylic acids is 1. The molecule has 1 N–H and O–H groups in total. The average molecular weight is 306 g/mol. The van der Waals surface area contributed by atoms with Gasteiger partial charge < -0.3 is 9.84 Å². The highest BCUT2D eigenvalue weighted by molar-refractivity contribution is 7.17. The highest BCUT2D eigenvalue weighted by Gasteiger charge is 2.17. The summed E-state index contributed by atoms with van der Waals surface area (Å²) in [5.41, 5.74) is 0. The lowest BCUT2D eigenvalue weighted by atomic mass is 10.0. The van der Waals surface area contributed by atoms with E-state index in [9.17, 15) is 9.90 Å². The largest absolute Gasteiger partial charge is 0.483 e. The highest BCUT2D eigenvalue weighted by Crippen LogP contribution is 2.38. The van der Waals surface area contributed by atoms with Crippen LogP contribution in [0, 0.1) is 5.92 Å². The van der Waals surface area contributed by atoms with Gasteiger partial charge in [0.2, 0.25) is 0 Å². The molecule has 2 aromatic rings. The summed E-state index contributed by atoms with van der Waals surface area (Å²) in [5, 5.41) is 11.7. The van der Waals surface area contributed by atoms with Crippen molar-refractivity contribution in [2.75, 3.05) is 6.61 Å². The summed E-state index contributed by atoms with van der Waals surface area (Å²) >= 11 is 1.24. The van der Waals surface area contributed by atoms with Gasteiger partial charge in [0.05, 0.1) is 6.61 Å². The monoisotopic (exact) mass is 306 g/mol. The van der Waals surface area contributed by atoms with Crippen LogP contribution in [0.1, 0.15) is 49.2 Å². The molecule has 3 nitrogen and oxygen atoms in total. The van der Waals surface area contributed by atoms with E-state index in [2.05, 4.69) is 13.8 Å². The molecule has 1 aromatic heterocycles. The van der Waals surface area contributed by atoms with E-state index in [-0.39, 0.29) is 0 Å². The van der Waals surface area contributed by atoms with Crippen LogP contribution in [0.25, 0.3) is 10.8 Å². The van der Waals surface area contributed by atoms with Crippen molar-refractivity contribution in [3.63, 3.8) is 0 Å². The van der Waals surface area contributed by atoms with Gasteiger partial charge in [0.1, 0.15) is 4.88 Å². The number of benzene rings is 1. The molecule has 0 fully saturated rings. The summed E-state index contributed by atoms with van der Waals surface area (Å²) < 4.78 is 5.96. The molecule has 0 aliphatic rings. The number of fused-ring (bicyclic) bond motifs is 1. The molecule has 2 rings (SSSR count). The molecule has 21 heavy (non-hydrogen) atoms. The lowest BCUT2D eigenvalue weighted by molar-refractivity contribution is 0.0704. The predicted molar refractivity (Wildman–Crippen MR) is 87.6 cm³/mol. The third-order valence-corrected chi connectivity index (χ3v) is 4.90. The van der Waals surface area contributed by atoms with Crippen molar-refractivity contribution in [2.45, 2.75) is 39.5 Å². The van der Waals surface area contributed by atoms with Crippen LogP contribution in [0.4, 0.5) is 0 Å². The first-order chi connectivity index (χ1) is 10.2. The SMILES string of the molecule is CCCCC(CC)COc1sc(C(=O)O)c2ccccc12. The number of hydrogen-bond acceptors (Lipinski definition) is 3. The topological polar surface area (TPSA) is 46.5 Å². The van der Waals surface area contributed by atoms with Crippen LogP contribution in [-0.2, 0) is 0 Å². The van der Waals surface area contributed by atoms with E-state index in [1.54, 1.807) is 0 Å². The zero-order valence-corrected chi connectivity index (χ0v) is 13.4. The maximum absolute atomic E-state index is 11.3. The molecule has 0 aliphatic heterocycles. The van der Waals surface area contributed by atoms with Gasteiger partial charge in [-0.25, -0.2) is 4.79 Å². The van der Waals surface area contributed by atoms with Gasteiger partial charge in [-0.1, -0.05) is 62.6 Å². The van der Waals surface area contributed by atoms with E-state index in [4.69, 9.17) is 4.74 Å². The van der Waals surface area contributed by atoms with Gasteiger partial charge in [-0.3, -0.25) is 0 Å². The molecular formula is C17H22O3S. The van der Waals surface area contributed by atoms with Crippen LogP contribution >= 0.6 is 11.3 Å². The van der Waals surface area contributed by atoms with Crippen molar-refractivity contribution < 1.29 is 14.6 Å². The number of ether oxygens (including phenoxy) is 1. The average Bonchev–Trinajstić information content (AvgIpc) is 2.87. The van der Waals surface area contributed by atoms with Gasteiger partial charge in [-0.05, 0) is 18.4 Å². The summed E-state index contributed by atoms with van der Waals surface area (Å²) in [6, 6.07) is 7.56. The molecule has 0 bridgehead atoms. The molecule has 1 heterocycles. The first kappa shape index (κ1) is 15.8. The normalized spacial score (nSPS) is 12.5. The van der Waals surface area contributed by atoms with Crippen molar-refractivity contribution in [3.05, 3.63) is 29.1 Å². The zero-order chi connectivity index (χ0) is 15.2. The van der Waals surface area contributed by atoms with E-state index in [1.165, 1.54) is 30.6 Å². The molecule has 0 spiro atoms.